The third-order valence-corrected chi connectivity index (χ3v) is 6.71. The first kappa shape index (κ1) is 20.4. The van der Waals surface area contributed by atoms with Crippen LogP contribution in [0.5, 0.6) is 0 Å². The van der Waals surface area contributed by atoms with Crippen molar-refractivity contribution < 1.29 is 0 Å². The largest absolute Gasteiger partial charge is 0.341 e. The zero-order chi connectivity index (χ0) is 23.1. The summed E-state index contributed by atoms with van der Waals surface area (Å²) in [5.74, 6) is 0. The summed E-state index contributed by atoms with van der Waals surface area (Å²) < 4.78 is 4.71. The highest BCUT2D eigenvalue weighted by Crippen LogP contribution is 2.30. The van der Waals surface area contributed by atoms with Crippen molar-refractivity contribution in [2.45, 2.75) is 26.9 Å². The van der Waals surface area contributed by atoms with Crippen LogP contribution in [0.3, 0.4) is 0 Å². The zero-order valence-corrected chi connectivity index (χ0v) is 19.4. The minimum atomic E-state index is 0.947. The normalized spacial score (nSPS) is 12.4. The molecule has 34 heavy (non-hydrogen) atoms. The Hall–Kier alpha value is -4.18. The van der Waals surface area contributed by atoms with Gasteiger partial charge in [-0.1, -0.05) is 48.5 Å². The molecule has 0 bridgehead atoms. The summed E-state index contributed by atoms with van der Waals surface area (Å²) in [7, 11) is 0. The van der Waals surface area contributed by atoms with Gasteiger partial charge in [0.05, 0.1) is 12.4 Å². The van der Waals surface area contributed by atoms with Crippen LogP contribution >= 0.6 is 0 Å². The Kier molecular flexibility index (Phi) is 4.99. The Balaban J connectivity index is 1.32. The molecule has 6 rings (SSSR count). The molecule has 0 radical (unpaired) electrons. The second kappa shape index (κ2) is 8.31. The molecule has 0 N–H and O–H groups in total. The molecule has 166 valence electrons. The average molecular weight is 443 g/mol. The fourth-order valence-corrected chi connectivity index (χ4v) is 5.18. The van der Waals surface area contributed by atoms with Crippen LogP contribution < -0.4 is 0 Å². The Bertz CT molecular complexity index is 1600. The zero-order valence-electron chi connectivity index (χ0n) is 19.4. The highest BCUT2D eigenvalue weighted by Gasteiger charge is 2.10. The van der Waals surface area contributed by atoms with Gasteiger partial charge in [0.25, 0.3) is 0 Å². The van der Waals surface area contributed by atoms with Crippen LogP contribution in [-0.4, -0.2) is 21.6 Å². The lowest BCUT2D eigenvalue weighted by Gasteiger charge is -2.02. The maximum Gasteiger partial charge on any atom is 0.0568 e. The van der Waals surface area contributed by atoms with Gasteiger partial charge in [-0.05, 0) is 61.4 Å². The number of benzene rings is 4. The van der Waals surface area contributed by atoms with E-state index in [9.17, 15) is 0 Å². The smallest absolute Gasteiger partial charge is 0.0568 e. The number of rotatable bonds is 5. The summed E-state index contributed by atoms with van der Waals surface area (Å²) >= 11 is 0. The third kappa shape index (κ3) is 3.22. The van der Waals surface area contributed by atoms with Crippen LogP contribution in [0.2, 0.25) is 0 Å². The second-order valence-corrected chi connectivity index (χ2v) is 8.57. The first-order chi connectivity index (χ1) is 16.8. The fraction of sp³-hybridized carbons (Fsp3) is 0.133. The molecule has 2 heterocycles. The number of para-hydroxylation sites is 2. The Morgan fingerprint density at radius 1 is 0.529 bits per heavy atom. The average Bonchev–Trinajstić information content (AvgIpc) is 3.38. The summed E-state index contributed by atoms with van der Waals surface area (Å²) in [5, 5.41) is 13.8. The van der Waals surface area contributed by atoms with Crippen molar-refractivity contribution in [1.29, 1.82) is 0 Å². The van der Waals surface area contributed by atoms with E-state index in [-0.39, 0.29) is 0 Å². The van der Waals surface area contributed by atoms with Gasteiger partial charge in [-0.3, -0.25) is 0 Å². The molecule has 4 aromatic carbocycles. The number of fused-ring (bicyclic) bond motifs is 6. The number of aryl methyl sites for hydroxylation is 2. The molecule has 4 heteroatoms. The van der Waals surface area contributed by atoms with Crippen molar-refractivity contribution in [3.63, 3.8) is 0 Å². The summed E-state index contributed by atoms with van der Waals surface area (Å²) in [5.41, 5.74) is 7.14. The predicted octanol–water partition coefficient (Wildman–Crippen LogP) is 7.40. The van der Waals surface area contributed by atoms with E-state index >= 15 is 0 Å². The maximum atomic E-state index is 4.35. The van der Waals surface area contributed by atoms with Gasteiger partial charge in [0.15, 0.2) is 0 Å². The molecule has 0 aliphatic heterocycles. The van der Waals surface area contributed by atoms with Crippen LogP contribution in [0, 0.1) is 0 Å². The van der Waals surface area contributed by atoms with Crippen molar-refractivity contribution in [3.8, 4) is 0 Å². The van der Waals surface area contributed by atoms with E-state index in [0.29, 0.717) is 0 Å². The second-order valence-electron chi connectivity index (χ2n) is 8.57. The summed E-state index contributed by atoms with van der Waals surface area (Å²) in [6.45, 7) is 6.27. The number of hydrogen-bond acceptors (Lipinski definition) is 2. The highest BCUT2D eigenvalue weighted by molar-refractivity contribution is 6.10. The number of aromatic nitrogens is 2. The van der Waals surface area contributed by atoms with E-state index < -0.39 is 0 Å². The standard InChI is InChI=1S/C30H26N4/c1-3-33-27-11-7-5-9-23(27)25-17-21(13-15-29(25)33)19-31-32-20-22-14-16-30-26(18-22)24-10-6-8-12-28(24)34(30)4-2/h5-20H,3-4H2,1-2H3/b31-19-,32-20-. The van der Waals surface area contributed by atoms with Crippen molar-refractivity contribution in [3.05, 3.63) is 96.1 Å². The molecule has 0 unspecified atom stereocenters. The van der Waals surface area contributed by atoms with Gasteiger partial charge < -0.3 is 9.13 Å². The van der Waals surface area contributed by atoms with Crippen molar-refractivity contribution >= 4 is 56.0 Å². The van der Waals surface area contributed by atoms with E-state index in [4.69, 9.17) is 0 Å². The predicted molar refractivity (Wildman–Crippen MR) is 145 cm³/mol. The molecule has 0 saturated heterocycles. The quantitative estimate of drug-likeness (QED) is 0.197. The Morgan fingerprint density at radius 2 is 0.941 bits per heavy atom. The van der Waals surface area contributed by atoms with Gasteiger partial charge in [-0.15, -0.1) is 0 Å². The summed E-state index contributed by atoms with van der Waals surface area (Å²) in [6.07, 6.45) is 3.66. The van der Waals surface area contributed by atoms with Gasteiger partial charge in [-0.2, -0.15) is 10.2 Å². The highest BCUT2D eigenvalue weighted by atomic mass is 15.2. The number of nitrogens with zero attached hydrogens (tertiary/aromatic N) is 4. The Morgan fingerprint density at radius 3 is 1.38 bits per heavy atom. The van der Waals surface area contributed by atoms with E-state index in [0.717, 1.165) is 24.2 Å². The molecule has 0 spiro atoms. The van der Waals surface area contributed by atoms with E-state index in [2.05, 4.69) is 118 Å². The lowest BCUT2D eigenvalue weighted by Crippen LogP contribution is -1.92. The first-order valence-electron chi connectivity index (χ1n) is 11.9. The molecule has 0 fully saturated rings. The first-order valence-corrected chi connectivity index (χ1v) is 11.9. The topological polar surface area (TPSA) is 34.6 Å². The molecule has 0 saturated carbocycles. The molecule has 2 aromatic heterocycles. The van der Waals surface area contributed by atoms with Gasteiger partial charge in [-0.25, -0.2) is 0 Å². The summed E-state index contributed by atoms with van der Waals surface area (Å²) in [4.78, 5) is 0. The van der Waals surface area contributed by atoms with Crippen LogP contribution in [0.1, 0.15) is 25.0 Å². The van der Waals surface area contributed by atoms with Crippen molar-refractivity contribution in [2.75, 3.05) is 0 Å². The molecule has 0 atom stereocenters. The van der Waals surface area contributed by atoms with Crippen LogP contribution in [0.15, 0.2) is 95.1 Å². The molecule has 0 aliphatic carbocycles. The van der Waals surface area contributed by atoms with E-state index in [1.165, 1.54) is 43.6 Å². The van der Waals surface area contributed by atoms with Crippen molar-refractivity contribution in [1.82, 2.24) is 9.13 Å². The molecule has 6 aromatic rings. The molecular formula is C30H26N4. The van der Waals surface area contributed by atoms with Gasteiger partial charge in [0, 0.05) is 56.7 Å². The summed E-state index contributed by atoms with van der Waals surface area (Å²) in [6, 6.07) is 30.1. The minimum absolute atomic E-state index is 0.947. The van der Waals surface area contributed by atoms with Gasteiger partial charge in [0.1, 0.15) is 0 Å². The maximum absolute atomic E-state index is 4.35. The molecule has 4 nitrogen and oxygen atoms in total. The fourth-order valence-electron chi connectivity index (χ4n) is 5.18. The monoisotopic (exact) mass is 442 g/mol. The SMILES string of the molecule is CCn1c2ccccc2c2cc(/C=N\N=C/c3ccc4c(c3)c3ccccc3n4CC)ccc21. The third-order valence-electron chi connectivity index (χ3n) is 6.71. The molecule has 0 aliphatic rings. The van der Waals surface area contributed by atoms with Gasteiger partial charge >= 0.3 is 0 Å². The minimum Gasteiger partial charge on any atom is -0.341 e. The van der Waals surface area contributed by atoms with Crippen molar-refractivity contribution in [2.24, 2.45) is 10.2 Å². The molecular weight excluding hydrogens is 416 g/mol. The van der Waals surface area contributed by atoms with Crippen LogP contribution in [0.4, 0.5) is 0 Å². The number of hydrogen-bond donors (Lipinski definition) is 0. The lowest BCUT2D eigenvalue weighted by atomic mass is 10.1. The lowest BCUT2D eigenvalue weighted by molar-refractivity contribution is 0.827. The van der Waals surface area contributed by atoms with E-state index in [1.807, 2.05) is 12.4 Å². The molecule has 0 amide bonds. The Labute approximate surface area is 198 Å². The van der Waals surface area contributed by atoms with E-state index in [1.54, 1.807) is 0 Å². The van der Waals surface area contributed by atoms with Gasteiger partial charge in [0.2, 0.25) is 0 Å². The van der Waals surface area contributed by atoms with Crippen LogP contribution in [-0.2, 0) is 13.1 Å². The van der Waals surface area contributed by atoms with Crippen LogP contribution in [0.25, 0.3) is 43.6 Å².